The molecule has 0 saturated carbocycles. The zero-order valence-electron chi connectivity index (χ0n) is 10.7. The summed E-state index contributed by atoms with van der Waals surface area (Å²) < 4.78 is 0. The minimum atomic E-state index is 0.00639. The smallest absolute Gasteiger partial charge is 0.228 e. The predicted molar refractivity (Wildman–Crippen MR) is 73.7 cm³/mol. The van der Waals surface area contributed by atoms with E-state index < -0.39 is 0 Å². The molecule has 1 aromatic carbocycles. The highest BCUT2D eigenvalue weighted by Gasteiger charge is 2.05. The van der Waals surface area contributed by atoms with E-state index >= 15 is 0 Å². The number of nitrogens with one attached hydrogen (secondary N) is 2. The van der Waals surface area contributed by atoms with Gasteiger partial charge in [-0.25, -0.2) is 0 Å². The second kappa shape index (κ2) is 5.54. The van der Waals surface area contributed by atoms with Crippen LogP contribution in [0, 0.1) is 0 Å². The van der Waals surface area contributed by atoms with Crippen molar-refractivity contribution in [1.29, 1.82) is 0 Å². The number of hydrogen-bond acceptors (Lipinski definition) is 1. The zero-order valence-corrected chi connectivity index (χ0v) is 10.7. The Balaban J connectivity index is 1.95. The van der Waals surface area contributed by atoms with Crippen LogP contribution in [0.5, 0.6) is 0 Å². The van der Waals surface area contributed by atoms with Gasteiger partial charge in [-0.1, -0.05) is 26.0 Å². The number of amides is 1. The highest BCUT2D eigenvalue weighted by Crippen LogP contribution is 2.17. The maximum Gasteiger partial charge on any atom is 0.228 e. The topological polar surface area (TPSA) is 44.9 Å². The Bertz CT molecular complexity index is 498. The molecule has 3 nitrogen and oxygen atoms in total. The standard InChI is InChI=1S/C15H18N2O/c1-11(2)13-3-5-14(6-4-13)17-15(18)9-12-7-8-16-10-12/h3-8,10-11,16H,9H2,1-2H3,(H,17,18). The molecule has 0 saturated heterocycles. The van der Waals surface area contributed by atoms with Crippen molar-refractivity contribution in [3.63, 3.8) is 0 Å². The highest BCUT2D eigenvalue weighted by molar-refractivity contribution is 5.92. The second-order valence-corrected chi connectivity index (χ2v) is 4.72. The van der Waals surface area contributed by atoms with Gasteiger partial charge in [0.1, 0.15) is 0 Å². The number of aromatic nitrogens is 1. The van der Waals surface area contributed by atoms with Gasteiger partial charge in [0.25, 0.3) is 0 Å². The molecule has 2 aromatic rings. The van der Waals surface area contributed by atoms with E-state index in [0.29, 0.717) is 12.3 Å². The average molecular weight is 242 g/mol. The lowest BCUT2D eigenvalue weighted by Gasteiger charge is -2.08. The largest absolute Gasteiger partial charge is 0.367 e. The molecule has 94 valence electrons. The van der Waals surface area contributed by atoms with Crippen molar-refractivity contribution in [2.75, 3.05) is 5.32 Å². The van der Waals surface area contributed by atoms with E-state index in [9.17, 15) is 4.79 Å². The normalized spacial score (nSPS) is 10.6. The van der Waals surface area contributed by atoms with Crippen LogP contribution in [0.2, 0.25) is 0 Å². The molecule has 3 heteroatoms. The van der Waals surface area contributed by atoms with E-state index in [-0.39, 0.29) is 5.91 Å². The van der Waals surface area contributed by atoms with Gasteiger partial charge in [0.05, 0.1) is 6.42 Å². The third-order valence-corrected chi connectivity index (χ3v) is 2.89. The first-order valence-corrected chi connectivity index (χ1v) is 6.16. The van der Waals surface area contributed by atoms with Gasteiger partial charge in [-0.3, -0.25) is 4.79 Å². The molecular weight excluding hydrogens is 224 g/mol. The lowest BCUT2D eigenvalue weighted by atomic mass is 10.0. The van der Waals surface area contributed by atoms with Gasteiger partial charge in [0.2, 0.25) is 5.91 Å². The van der Waals surface area contributed by atoms with Gasteiger partial charge in [-0.15, -0.1) is 0 Å². The van der Waals surface area contributed by atoms with Gasteiger partial charge in [0.15, 0.2) is 0 Å². The number of anilines is 1. The van der Waals surface area contributed by atoms with Crippen molar-refractivity contribution in [2.24, 2.45) is 0 Å². The van der Waals surface area contributed by atoms with Crippen molar-refractivity contribution >= 4 is 11.6 Å². The van der Waals surface area contributed by atoms with Gasteiger partial charge >= 0.3 is 0 Å². The Morgan fingerprint density at radius 3 is 2.50 bits per heavy atom. The van der Waals surface area contributed by atoms with Crippen LogP contribution in [0.15, 0.2) is 42.7 Å². The molecule has 1 aromatic heterocycles. The summed E-state index contributed by atoms with van der Waals surface area (Å²) in [6, 6.07) is 9.91. The quantitative estimate of drug-likeness (QED) is 0.848. The number of H-pyrrole nitrogens is 1. The third-order valence-electron chi connectivity index (χ3n) is 2.89. The lowest BCUT2D eigenvalue weighted by molar-refractivity contribution is -0.115. The van der Waals surface area contributed by atoms with Crippen LogP contribution in [0.3, 0.4) is 0 Å². The predicted octanol–water partition coefficient (Wildman–Crippen LogP) is 3.32. The molecule has 2 rings (SSSR count). The van der Waals surface area contributed by atoms with Gasteiger partial charge in [0, 0.05) is 18.1 Å². The molecule has 0 radical (unpaired) electrons. The third kappa shape index (κ3) is 3.23. The summed E-state index contributed by atoms with van der Waals surface area (Å²) in [5.74, 6) is 0.515. The maximum atomic E-state index is 11.8. The molecule has 0 unspecified atom stereocenters. The van der Waals surface area contributed by atoms with Crippen LogP contribution in [-0.2, 0) is 11.2 Å². The van der Waals surface area contributed by atoms with Crippen LogP contribution in [-0.4, -0.2) is 10.9 Å². The molecule has 18 heavy (non-hydrogen) atoms. The first-order chi connectivity index (χ1) is 8.65. The molecule has 1 amide bonds. The number of carbonyl (C=O) groups is 1. The van der Waals surface area contributed by atoms with E-state index in [4.69, 9.17) is 0 Å². The zero-order chi connectivity index (χ0) is 13.0. The van der Waals surface area contributed by atoms with Crippen LogP contribution in [0.4, 0.5) is 5.69 Å². The Hall–Kier alpha value is -2.03. The summed E-state index contributed by atoms with van der Waals surface area (Å²) in [7, 11) is 0. The Labute approximate surface area is 107 Å². The Morgan fingerprint density at radius 2 is 1.94 bits per heavy atom. The molecule has 0 aliphatic heterocycles. The number of aromatic amines is 1. The summed E-state index contributed by atoms with van der Waals surface area (Å²) >= 11 is 0. The van der Waals surface area contributed by atoms with Gasteiger partial charge in [-0.2, -0.15) is 0 Å². The molecule has 0 atom stereocenters. The second-order valence-electron chi connectivity index (χ2n) is 4.72. The highest BCUT2D eigenvalue weighted by atomic mass is 16.1. The van der Waals surface area contributed by atoms with E-state index in [1.807, 2.05) is 30.6 Å². The van der Waals surface area contributed by atoms with Crippen molar-refractivity contribution in [3.05, 3.63) is 53.9 Å². The van der Waals surface area contributed by atoms with Crippen molar-refractivity contribution < 1.29 is 4.79 Å². The van der Waals surface area contributed by atoms with E-state index in [0.717, 1.165) is 11.3 Å². The molecular formula is C15H18N2O. The fourth-order valence-electron chi connectivity index (χ4n) is 1.81. The van der Waals surface area contributed by atoms with Crippen molar-refractivity contribution in [3.8, 4) is 0 Å². The Morgan fingerprint density at radius 1 is 1.22 bits per heavy atom. The molecule has 1 heterocycles. The fraction of sp³-hybridized carbons (Fsp3) is 0.267. The molecule has 0 fully saturated rings. The van der Waals surface area contributed by atoms with Crippen LogP contribution < -0.4 is 5.32 Å². The Kier molecular flexibility index (Phi) is 3.82. The summed E-state index contributed by atoms with van der Waals surface area (Å²) in [5.41, 5.74) is 3.12. The van der Waals surface area contributed by atoms with Crippen molar-refractivity contribution in [2.45, 2.75) is 26.2 Å². The summed E-state index contributed by atoms with van der Waals surface area (Å²) in [6.45, 7) is 4.30. The minimum absolute atomic E-state index is 0.00639. The molecule has 0 aliphatic carbocycles. The molecule has 2 N–H and O–H groups in total. The maximum absolute atomic E-state index is 11.8. The molecule has 0 spiro atoms. The molecule has 0 bridgehead atoms. The van der Waals surface area contributed by atoms with E-state index in [1.54, 1.807) is 0 Å². The number of rotatable bonds is 4. The SMILES string of the molecule is CC(C)c1ccc(NC(=O)Cc2cc[nH]c2)cc1. The summed E-state index contributed by atoms with van der Waals surface area (Å²) in [6.07, 6.45) is 4.05. The minimum Gasteiger partial charge on any atom is -0.367 e. The van der Waals surface area contributed by atoms with Gasteiger partial charge < -0.3 is 10.3 Å². The van der Waals surface area contributed by atoms with Crippen LogP contribution in [0.1, 0.15) is 30.9 Å². The summed E-state index contributed by atoms with van der Waals surface area (Å²) in [5, 5.41) is 2.89. The van der Waals surface area contributed by atoms with Crippen LogP contribution in [0.25, 0.3) is 0 Å². The monoisotopic (exact) mass is 242 g/mol. The number of hydrogen-bond donors (Lipinski definition) is 2. The first kappa shape index (κ1) is 12.4. The molecule has 0 aliphatic rings. The first-order valence-electron chi connectivity index (χ1n) is 6.16. The number of carbonyl (C=O) groups excluding carboxylic acids is 1. The number of benzene rings is 1. The van der Waals surface area contributed by atoms with Crippen molar-refractivity contribution in [1.82, 2.24) is 4.98 Å². The van der Waals surface area contributed by atoms with E-state index in [2.05, 4.69) is 36.3 Å². The van der Waals surface area contributed by atoms with Crippen LogP contribution >= 0.6 is 0 Å². The fourth-order valence-corrected chi connectivity index (χ4v) is 1.81. The van der Waals surface area contributed by atoms with E-state index in [1.165, 1.54) is 5.56 Å². The van der Waals surface area contributed by atoms with Gasteiger partial charge in [-0.05, 0) is 35.2 Å². The lowest BCUT2D eigenvalue weighted by Crippen LogP contribution is -2.13. The average Bonchev–Trinajstić information content (AvgIpc) is 2.82. The summed E-state index contributed by atoms with van der Waals surface area (Å²) in [4.78, 5) is 14.7.